The lowest BCUT2D eigenvalue weighted by molar-refractivity contribution is 0.0320. The van der Waals surface area contributed by atoms with Crippen molar-refractivity contribution in [1.29, 1.82) is 0 Å². The molecule has 0 bridgehead atoms. The molecule has 1 heterocycles. The molecule has 1 rings (SSSR count). The Hall–Kier alpha value is -1.22. The van der Waals surface area contributed by atoms with Gasteiger partial charge in [-0.05, 0) is 12.5 Å². The quantitative estimate of drug-likeness (QED) is 0.665. The summed E-state index contributed by atoms with van der Waals surface area (Å²) in [6.45, 7) is 3.23. The van der Waals surface area contributed by atoms with E-state index in [1.165, 1.54) is 32.5 Å². The van der Waals surface area contributed by atoms with Gasteiger partial charge in [0.1, 0.15) is 5.82 Å². The first-order valence-electron chi connectivity index (χ1n) is 6.74. The number of hydrogen-bond acceptors (Lipinski definition) is 6. The molecular formula is C13H23N3O4S. The third kappa shape index (κ3) is 5.96. The van der Waals surface area contributed by atoms with Crippen molar-refractivity contribution in [3.63, 3.8) is 0 Å². The molecule has 1 unspecified atom stereocenters. The lowest BCUT2D eigenvalue weighted by Crippen LogP contribution is -2.35. The Morgan fingerprint density at radius 1 is 1.38 bits per heavy atom. The van der Waals surface area contributed by atoms with Crippen LogP contribution < -0.4 is 10.0 Å². The van der Waals surface area contributed by atoms with Crippen molar-refractivity contribution in [3.05, 3.63) is 18.3 Å². The zero-order chi connectivity index (χ0) is 15.7. The summed E-state index contributed by atoms with van der Waals surface area (Å²) < 4.78 is 37.0. The number of sulfonamides is 1. The fourth-order valence-corrected chi connectivity index (χ4v) is 2.69. The highest BCUT2D eigenvalue weighted by atomic mass is 32.2. The highest BCUT2D eigenvalue weighted by Gasteiger charge is 2.17. The van der Waals surface area contributed by atoms with E-state index in [-0.39, 0.29) is 17.5 Å². The number of ether oxygens (including phenoxy) is 2. The van der Waals surface area contributed by atoms with Crippen LogP contribution >= 0.6 is 0 Å². The minimum atomic E-state index is -3.60. The third-order valence-electron chi connectivity index (χ3n) is 2.78. The first kappa shape index (κ1) is 17.8. The van der Waals surface area contributed by atoms with Crippen LogP contribution in [0, 0.1) is 0 Å². The van der Waals surface area contributed by atoms with Crippen molar-refractivity contribution >= 4 is 15.8 Å². The summed E-state index contributed by atoms with van der Waals surface area (Å²) in [6.07, 6.45) is 2.07. The van der Waals surface area contributed by atoms with Crippen molar-refractivity contribution in [2.24, 2.45) is 0 Å². The van der Waals surface area contributed by atoms with E-state index in [0.29, 0.717) is 12.4 Å². The second-order valence-electron chi connectivity index (χ2n) is 4.47. The Balaban J connectivity index is 2.73. The summed E-state index contributed by atoms with van der Waals surface area (Å²) in [7, 11) is -0.549. The van der Waals surface area contributed by atoms with Crippen LogP contribution in [0.3, 0.4) is 0 Å². The number of nitrogens with zero attached hydrogens (tertiary/aromatic N) is 1. The number of methoxy groups -OCH3 is 2. The number of aromatic nitrogens is 1. The Kier molecular flexibility index (Phi) is 7.58. The molecular weight excluding hydrogens is 294 g/mol. The standard InChI is InChI=1S/C13H23N3O4S/c1-4-6-14-13-8-12(5-7-15-13)21(17,18)16-9-11(20-3)10-19-2/h5,7-8,11,16H,4,6,9-10H2,1-3H3,(H,14,15). The van der Waals surface area contributed by atoms with Crippen LogP contribution in [-0.4, -0.2) is 53.4 Å². The van der Waals surface area contributed by atoms with E-state index in [4.69, 9.17) is 9.47 Å². The summed E-state index contributed by atoms with van der Waals surface area (Å²) in [5.74, 6) is 0.542. The van der Waals surface area contributed by atoms with Gasteiger partial charge in [-0.2, -0.15) is 0 Å². The van der Waals surface area contributed by atoms with Gasteiger partial charge in [0.05, 0.1) is 17.6 Å². The molecule has 1 aromatic heterocycles. The van der Waals surface area contributed by atoms with Gasteiger partial charge in [0.2, 0.25) is 10.0 Å². The molecule has 0 radical (unpaired) electrons. The first-order valence-corrected chi connectivity index (χ1v) is 8.23. The minimum Gasteiger partial charge on any atom is -0.382 e. The smallest absolute Gasteiger partial charge is 0.240 e. The fourth-order valence-electron chi connectivity index (χ4n) is 1.61. The van der Waals surface area contributed by atoms with Crippen LogP contribution in [0.15, 0.2) is 23.2 Å². The average molecular weight is 317 g/mol. The van der Waals surface area contributed by atoms with E-state index in [1.54, 1.807) is 0 Å². The largest absolute Gasteiger partial charge is 0.382 e. The SMILES string of the molecule is CCCNc1cc(S(=O)(=O)NCC(COC)OC)ccn1. The number of hydrogen-bond donors (Lipinski definition) is 2. The minimum absolute atomic E-state index is 0.146. The van der Waals surface area contributed by atoms with Crippen molar-refractivity contribution in [2.75, 3.05) is 39.2 Å². The van der Waals surface area contributed by atoms with E-state index < -0.39 is 10.0 Å². The van der Waals surface area contributed by atoms with Crippen LogP contribution in [0.1, 0.15) is 13.3 Å². The molecule has 0 fully saturated rings. The van der Waals surface area contributed by atoms with Crippen LogP contribution in [-0.2, 0) is 19.5 Å². The van der Waals surface area contributed by atoms with Gasteiger partial charge < -0.3 is 14.8 Å². The van der Waals surface area contributed by atoms with Crippen molar-refractivity contribution in [3.8, 4) is 0 Å². The Bertz CT molecular complexity index is 522. The maximum atomic E-state index is 12.2. The van der Waals surface area contributed by atoms with Gasteiger partial charge in [0.15, 0.2) is 0 Å². The molecule has 0 saturated heterocycles. The summed E-state index contributed by atoms with van der Waals surface area (Å²) in [5.41, 5.74) is 0. The summed E-state index contributed by atoms with van der Waals surface area (Å²) in [5, 5.41) is 3.06. The van der Waals surface area contributed by atoms with E-state index in [1.807, 2.05) is 6.92 Å². The number of rotatable bonds is 10. The topological polar surface area (TPSA) is 89.6 Å². The van der Waals surface area contributed by atoms with E-state index >= 15 is 0 Å². The highest BCUT2D eigenvalue weighted by Crippen LogP contribution is 2.12. The monoisotopic (exact) mass is 317 g/mol. The molecule has 2 N–H and O–H groups in total. The van der Waals surface area contributed by atoms with Gasteiger partial charge >= 0.3 is 0 Å². The van der Waals surface area contributed by atoms with Gasteiger partial charge in [0, 0.05) is 39.6 Å². The van der Waals surface area contributed by atoms with E-state index in [9.17, 15) is 8.42 Å². The Morgan fingerprint density at radius 2 is 2.14 bits per heavy atom. The van der Waals surface area contributed by atoms with Crippen molar-refractivity contribution < 1.29 is 17.9 Å². The summed E-state index contributed by atoms with van der Waals surface area (Å²) >= 11 is 0. The second-order valence-corrected chi connectivity index (χ2v) is 6.24. The van der Waals surface area contributed by atoms with Crippen LogP contribution in [0.2, 0.25) is 0 Å². The maximum Gasteiger partial charge on any atom is 0.240 e. The molecule has 0 spiro atoms. The van der Waals surface area contributed by atoms with Crippen LogP contribution in [0.4, 0.5) is 5.82 Å². The summed E-state index contributed by atoms with van der Waals surface area (Å²) in [4.78, 5) is 4.25. The van der Waals surface area contributed by atoms with Gasteiger partial charge in [-0.15, -0.1) is 0 Å². The molecule has 0 saturated carbocycles. The number of pyridine rings is 1. The zero-order valence-electron chi connectivity index (χ0n) is 12.6. The second kappa shape index (κ2) is 8.93. The van der Waals surface area contributed by atoms with Crippen molar-refractivity contribution in [2.45, 2.75) is 24.3 Å². The molecule has 0 amide bonds. The molecule has 0 aliphatic rings. The van der Waals surface area contributed by atoms with Crippen LogP contribution in [0.5, 0.6) is 0 Å². The Labute approximate surface area is 126 Å². The molecule has 7 nitrogen and oxygen atoms in total. The molecule has 1 atom stereocenters. The number of anilines is 1. The molecule has 0 aliphatic carbocycles. The predicted octanol–water partition coefficient (Wildman–Crippen LogP) is 0.843. The third-order valence-corrected chi connectivity index (χ3v) is 4.21. The van der Waals surface area contributed by atoms with E-state index in [2.05, 4.69) is 15.0 Å². The van der Waals surface area contributed by atoms with Gasteiger partial charge in [-0.25, -0.2) is 18.1 Å². The highest BCUT2D eigenvalue weighted by molar-refractivity contribution is 7.89. The molecule has 120 valence electrons. The molecule has 0 aliphatic heterocycles. The van der Waals surface area contributed by atoms with Crippen LogP contribution in [0.25, 0.3) is 0 Å². The van der Waals surface area contributed by atoms with Gasteiger partial charge in [-0.3, -0.25) is 0 Å². The predicted molar refractivity (Wildman–Crippen MR) is 80.9 cm³/mol. The molecule has 0 aromatic carbocycles. The average Bonchev–Trinajstić information content (AvgIpc) is 2.49. The zero-order valence-corrected chi connectivity index (χ0v) is 13.4. The van der Waals surface area contributed by atoms with Crippen molar-refractivity contribution in [1.82, 2.24) is 9.71 Å². The molecule has 21 heavy (non-hydrogen) atoms. The normalized spacial score (nSPS) is 13.1. The first-order chi connectivity index (χ1) is 10.0. The fraction of sp³-hybridized carbons (Fsp3) is 0.615. The molecule has 1 aromatic rings. The van der Waals surface area contributed by atoms with Gasteiger partial charge in [0.25, 0.3) is 0 Å². The van der Waals surface area contributed by atoms with Gasteiger partial charge in [-0.1, -0.05) is 6.92 Å². The van der Waals surface area contributed by atoms with E-state index in [0.717, 1.165) is 13.0 Å². The lowest BCUT2D eigenvalue weighted by atomic mass is 10.4. The maximum absolute atomic E-state index is 12.2. The lowest BCUT2D eigenvalue weighted by Gasteiger charge is -2.15. The molecule has 8 heteroatoms. The Morgan fingerprint density at radius 3 is 2.76 bits per heavy atom. The number of nitrogens with one attached hydrogen (secondary N) is 2. The summed E-state index contributed by atoms with van der Waals surface area (Å²) in [6, 6.07) is 2.97.